The zero-order valence-corrected chi connectivity index (χ0v) is 49.8. The molecule has 0 saturated carbocycles. The van der Waals surface area contributed by atoms with Crippen LogP contribution in [0.4, 0.5) is 0 Å². The van der Waals surface area contributed by atoms with E-state index in [1.54, 1.807) is 12.2 Å². The summed E-state index contributed by atoms with van der Waals surface area (Å²) in [6, 6.07) is -0.965. The first-order valence-corrected chi connectivity index (χ1v) is 32.1. The van der Waals surface area contributed by atoms with Gasteiger partial charge >= 0.3 is 0 Å². The first kappa shape index (κ1) is 73.5. The molecule has 19 nitrogen and oxygen atoms in total. The summed E-state index contributed by atoms with van der Waals surface area (Å²) < 4.78 is 34.0. The summed E-state index contributed by atoms with van der Waals surface area (Å²) in [4.78, 5) is 13.1. The van der Waals surface area contributed by atoms with Gasteiger partial charge in [-0.2, -0.15) is 0 Å². The third-order valence-corrected chi connectivity index (χ3v) is 16.2. The van der Waals surface area contributed by atoms with Crippen molar-refractivity contribution < 1.29 is 89.4 Å². The standard InChI is InChI=1S/C62H115NO18/c1-3-5-7-8-9-10-11-12-13-14-15-16-17-18-19-20-21-22-23-24-25-26-27-28-29-30-31-32-33-34-35-36-38-40-50(68)63-45(46(67)39-37-6-4-2)44-76-60-56(74)53(71)58(48(42-65)78-60)81-62-57(75)54(72)59(49(43-66)79-62)80-61-55(73)52(70)51(69)47(41-64)77-61/h14-15,37,39,45-49,51-62,64-67,69-75H,3-13,16-36,38,40-44H2,1-2H3,(H,63,68)/b15-14-,39-37+. The Balaban J connectivity index is 1.24. The summed E-state index contributed by atoms with van der Waals surface area (Å²) in [6.45, 7) is 1.49. The lowest BCUT2D eigenvalue weighted by Gasteiger charge is -2.48. The third-order valence-electron chi connectivity index (χ3n) is 16.2. The number of hydrogen-bond acceptors (Lipinski definition) is 18. The number of amides is 1. The van der Waals surface area contributed by atoms with E-state index in [1.807, 2.05) is 6.92 Å². The monoisotopic (exact) mass is 1160 g/mol. The zero-order valence-electron chi connectivity index (χ0n) is 49.8. The van der Waals surface area contributed by atoms with Gasteiger partial charge in [0, 0.05) is 6.42 Å². The second-order valence-corrected chi connectivity index (χ2v) is 23.2. The van der Waals surface area contributed by atoms with Crippen molar-refractivity contribution in [1.82, 2.24) is 5.32 Å². The van der Waals surface area contributed by atoms with Crippen LogP contribution >= 0.6 is 0 Å². The Labute approximate surface area is 486 Å². The van der Waals surface area contributed by atoms with Crippen LogP contribution in [0.3, 0.4) is 0 Å². The van der Waals surface area contributed by atoms with E-state index in [-0.39, 0.29) is 18.9 Å². The van der Waals surface area contributed by atoms with Crippen LogP contribution in [0.15, 0.2) is 24.3 Å². The van der Waals surface area contributed by atoms with Gasteiger partial charge in [-0.1, -0.05) is 212 Å². The van der Waals surface area contributed by atoms with E-state index in [1.165, 1.54) is 173 Å². The van der Waals surface area contributed by atoms with Crippen molar-refractivity contribution in [2.24, 2.45) is 0 Å². The van der Waals surface area contributed by atoms with Crippen molar-refractivity contribution in [2.45, 2.75) is 336 Å². The van der Waals surface area contributed by atoms with Gasteiger partial charge in [0.25, 0.3) is 0 Å². The molecule has 0 spiro atoms. The fourth-order valence-corrected chi connectivity index (χ4v) is 11.0. The SMILES string of the molecule is CCC/C=C/C(O)C(COC1OC(CO)C(OC2OC(CO)C(OC3OC(CO)C(O)C(O)C3O)C(O)C2O)C(O)C1O)NC(=O)CCCCCCCCCCCCCCCCCCCCCCC/C=C\CCCCCCCCCC. The van der Waals surface area contributed by atoms with E-state index < -0.39 is 124 Å². The Morgan fingerprint density at radius 2 is 0.802 bits per heavy atom. The molecule has 1 amide bonds. The van der Waals surface area contributed by atoms with Crippen molar-refractivity contribution in [3.05, 3.63) is 24.3 Å². The molecule has 81 heavy (non-hydrogen) atoms. The lowest BCUT2D eigenvalue weighted by atomic mass is 9.96. The van der Waals surface area contributed by atoms with Gasteiger partial charge in [0.1, 0.15) is 73.2 Å². The van der Waals surface area contributed by atoms with E-state index in [0.717, 1.165) is 25.7 Å². The molecule has 0 aromatic carbocycles. The molecule has 3 aliphatic heterocycles. The number of aliphatic hydroxyl groups is 11. The predicted molar refractivity (Wildman–Crippen MR) is 310 cm³/mol. The average molecular weight is 1160 g/mol. The molecule has 17 unspecified atom stereocenters. The number of nitrogens with one attached hydrogen (secondary N) is 1. The van der Waals surface area contributed by atoms with E-state index in [9.17, 15) is 61.0 Å². The maximum absolute atomic E-state index is 13.1. The molecular weight excluding hydrogens is 1050 g/mol. The molecule has 17 atom stereocenters. The Hall–Kier alpha value is -1.73. The summed E-state index contributed by atoms with van der Waals surface area (Å²) in [5.74, 6) is -0.285. The van der Waals surface area contributed by atoms with Gasteiger partial charge in [-0.25, -0.2) is 0 Å². The number of carbonyl (C=O) groups is 1. The van der Waals surface area contributed by atoms with Crippen molar-refractivity contribution in [3.8, 4) is 0 Å². The van der Waals surface area contributed by atoms with E-state index in [4.69, 9.17) is 28.4 Å². The third kappa shape index (κ3) is 29.0. The number of unbranched alkanes of at least 4 members (excludes halogenated alkanes) is 30. The lowest BCUT2D eigenvalue weighted by Crippen LogP contribution is -2.66. The Morgan fingerprint density at radius 1 is 0.432 bits per heavy atom. The van der Waals surface area contributed by atoms with Gasteiger partial charge in [0.2, 0.25) is 5.91 Å². The second-order valence-electron chi connectivity index (χ2n) is 23.2. The highest BCUT2D eigenvalue weighted by Crippen LogP contribution is 2.33. The summed E-state index contributed by atoms with van der Waals surface area (Å²) >= 11 is 0. The van der Waals surface area contributed by atoms with Crippen LogP contribution in [0, 0.1) is 0 Å². The molecule has 0 radical (unpaired) electrons. The molecule has 0 aliphatic carbocycles. The minimum absolute atomic E-state index is 0.244. The normalized spacial score (nSPS) is 29.9. The fourth-order valence-electron chi connectivity index (χ4n) is 11.0. The highest BCUT2D eigenvalue weighted by atomic mass is 16.8. The van der Waals surface area contributed by atoms with Crippen molar-refractivity contribution in [1.29, 1.82) is 0 Å². The number of aliphatic hydroxyl groups excluding tert-OH is 11. The van der Waals surface area contributed by atoms with Gasteiger partial charge < -0.3 is 89.9 Å². The van der Waals surface area contributed by atoms with Crippen LogP contribution < -0.4 is 5.32 Å². The molecule has 12 N–H and O–H groups in total. The van der Waals surface area contributed by atoms with Crippen LogP contribution in [-0.2, 0) is 33.2 Å². The predicted octanol–water partition coefficient (Wildman–Crippen LogP) is 6.71. The fraction of sp³-hybridized carbons (Fsp3) is 0.919. The first-order chi connectivity index (χ1) is 39.3. The van der Waals surface area contributed by atoms with E-state index in [0.29, 0.717) is 12.8 Å². The summed E-state index contributed by atoms with van der Waals surface area (Å²) in [6.07, 6.45) is 23.4. The summed E-state index contributed by atoms with van der Waals surface area (Å²) in [5, 5.41) is 119. The van der Waals surface area contributed by atoms with Crippen molar-refractivity contribution in [3.63, 3.8) is 0 Å². The Bertz CT molecular complexity index is 1580. The Morgan fingerprint density at radius 3 is 1.22 bits per heavy atom. The lowest BCUT2D eigenvalue weighted by molar-refractivity contribution is -0.379. The average Bonchev–Trinajstić information content (AvgIpc) is 3.58. The Kier molecular flexibility index (Phi) is 41.4. The molecular formula is C62H115NO18. The van der Waals surface area contributed by atoms with Gasteiger partial charge in [-0.3, -0.25) is 4.79 Å². The van der Waals surface area contributed by atoms with Gasteiger partial charge in [-0.05, 0) is 38.5 Å². The zero-order chi connectivity index (χ0) is 59.0. The molecule has 3 fully saturated rings. The molecule has 0 aromatic heterocycles. The van der Waals surface area contributed by atoms with Crippen LogP contribution in [0.5, 0.6) is 0 Å². The molecule has 3 aliphatic rings. The molecule has 19 heteroatoms. The van der Waals surface area contributed by atoms with E-state index >= 15 is 0 Å². The molecule has 476 valence electrons. The molecule has 3 heterocycles. The second kappa shape index (κ2) is 45.6. The number of hydrogen-bond donors (Lipinski definition) is 12. The van der Waals surface area contributed by atoms with Crippen LogP contribution in [0.1, 0.15) is 232 Å². The van der Waals surface area contributed by atoms with Gasteiger partial charge in [-0.15, -0.1) is 0 Å². The highest BCUT2D eigenvalue weighted by Gasteiger charge is 2.53. The maximum Gasteiger partial charge on any atom is 0.220 e. The number of allylic oxidation sites excluding steroid dienone is 3. The quantitative estimate of drug-likeness (QED) is 0.0222. The van der Waals surface area contributed by atoms with Crippen LogP contribution in [-0.4, -0.2) is 193 Å². The minimum Gasteiger partial charge on any atom is -0.394 e. The van der Waals surface area contributed by atoms with Crippen LogP contribution in [0.25, 0.3) is 0 Å². The highest BCUT2D eigenvalue weighted by molar-refractivity contribution is 5.76. The van der Waals surface area contributed by atoms with Crippen molar-refractivity contribution in [2.75, 3.05) is 26.4 Å². The van der Waals surface area contributed by atoms with Crippen LogP contribution in [0.2, 0.25) is 0 Å². The molecule has 3 saturated heterocycles. The summed E-state index contributed by atoms with van der Waals surface area (Å²) in [7, 11) is 0. The number of carbonyl (C=O) groups excluding carboxylic acids is 1. The maximum atomic E-state index is 13.1. The largest absolute Gasteiger partial charge is 0.394 e. The topological polar surface area (TPSA) is 307 Å². The first-order valence-electron chi connectivity index (χ1n) is 32.1. The molecule has 0 bridgehead atoms. The molecule has 3 rings (SSSR count). The summed E-state index contributed by atoms with van der Waals surface area (Å²) in [5.41, 5.74) is 0. The van der Waals surface area contributed by atoms with Gasteiger partial charge in [0.05, 0.1) is 38.6 Å². The smallest absolute Gasteiger partial charge is 0.220 e. The van der Waals surface area contributed by atoms with Crippen molar-refractivity contribution >= 4 is 5.91 Å². The number of rotatable bonds is 48. The number of ether oxygens (including phenoxy) is 6. The molecule has 0 aromatic rings. The minimum atomic E-state index is -1.97. The van der Waals surface area contributed by atoms with E-state index in [2.05, 4.69) is 24.4 Å². The van der Waals surface area contributed by atoms with Gasteiger partial charge in [0.15, 0.2) is 18.9 Å².